The van der Waals surface area contributed by atoms with Crippen LogP contribution in [0.4, 0.5) is 0 Å². The van der Waals surface area contributed by atoms with Gasteiger partial charge < -0.3 is 4.90 Å². The number of rotatable bonds is 3. The van der Waals surface area contributed by atoms with Crippen molar-refractivity contribution in [2.45, 2.75) is 26.2 Å². The van der Waals surface area contributed by atoms with Gasteiger partial charge in [0.1, 0.15) is 0 Å². The monoisotopic (exact) mass is 215 g/mol. The summed E-state index contributed by atoms with van der Waals surface area (Å²) in [6, 6.07) is 10.9. The highest BCUT2D eigenvalue weighted by atomic mass is 15.2. The maximum atomic E-state index is 2.66. The molecule has 1 saturated carbocycles. The molecule has 3 rings (SSSR count). The lowest BCUT2D eigenvalue weighted by atomic mass is 10.0. The molecule has 0 radical (unpaired) electrons. The first-order chi connectivity index (χ1) is 7.78. The highest BCUT2D eigenvalue weighted by Gasteiger charge is 2.54. The van der Waals surface area contributed by atoms with Crippen molar-refractivity contribution in [2.24, 2.45) is 11.3 Å². The summed E-state index contributed by atoms with van der Waals surface area (Å²) in [5.74, 6) is 0.995. The fraction of sp³-hybridized carbons (Fsp3) is 0.600. The predicted octanol–water partition coefficient (Wildman–Crippen LogP) is 2.96. The molecule has 2 aliphatic rings. The SMILES string of the molecule is C[C@@H]1CC12CCN(CCc1ccccc1)C2. The molecule has 0 amide bonds. The van der Waals surface area contributed by atoms with Crippen LogP contribution in [0, 0.1) is 11.3 Å². The van der Waals surface area contributed by atoms with Gasteiger partial charge in [0.05, 0.1) is 0 Å². The van der Waals surface area contributed by atoms with Crippen molar-refractivity contribution in [1.29, 1.82) is 0 Å². The molecule has 1 aromatic rings. The van der Waals surface area contributed by atoms with Gasteiger partial charge in [-0.05, 0) is 42.7 Å². The molecule has 1 spiro atoms. The van der Waals surface area contributed by atoms with E-state index in [0.29, 0.717) is 0 Å². The summed E-state index contributed by atoms with van der Waals surface area (Å²) in [7, 11) is 0. The summed E-state index contributed by atoms with van der Waals surface area (Å²) in [4.78, 5) is 2.66. The molecular formula is C15H21N. The molecule has 1 heterocycles. The summed E-state index contributed by atoms with van der Waals surface area (Å²) in [6.45, 7) is 6.36. The van der Waals surface area contributed by atoms with E-state index in [1.54, 1.807) is 0 Å². The highest BCUT2D eigenvalue weighted by molar-refractivity contribution is 5.15. The average molecular weight is 215 g/mol. The Morgan fingerprint density at radius 2 is 2.06 bits per heavy atom. The minimum atomic E-state index is 0.747. The van der Waals surface area contributed by atoms with Gasteiger partial charge in [-0.3, -0.25) is 0 Å². The topological polar surface area (TPSA) is 3.24 Å². The van der Waals surface area contributed by atoms with E-state index in [9.17, 15) is 0 Å². The molecule has 0 N–H and O–H groups in total. The summed E-state index contributed by atoms with van der Waals surface area (Å²) < 4.78 is 0. The van der Waals surface area contributed by atoms with E-state index in [1.807, 2.05) is 0 Å². The first-order valence-corrected chi connectivity index (χ1v) is 6.55. The van der Waals surface area contributed by atoms with Crippen molar-refractivity contribution >= 4 is 0 Å². The summed E-state index contributed by atoms with van der Waals surface area (Å²) in [6.07, 6.45) is 4.14. The normalized spacial score (nSPS) is 33.4. The Morgan fingerprint density at radius 3 is 2.69 bits per heavy atom. The van der Waals surface area contributed by atoms with Gasteiger partial charge in [0.15, 0.2) is 0 Å². The Labute approximate surface area is 98.5 Å². The molecule has 0 aromatic heterocycles. The Hall–Kier alpha value is -0.820. The van der Waals surface area contributed by atoms with Gasteiger partial charge in [-0.15, -0.1) is 0 Å². The quantitative estimate of drug-likeness (QED) is 0.749. The van der Waals surface area contributed by atoms with Gasteiger partial charge in [0.2, 0.25) is 0 Å². The zero-order valence-electron chi connectivity index (χ0n) is 10.2. The third kappa shape index (κ3) is 1.89. The molecule has 1 aliphatic heterocycles. The molecule has 2 atom stereocenters. The van der Waals surface area contributed by atoms with Gasteiger partial charge >= 0.3 is 0 Å². The fourth-order valence-electron chi connectivity index (χ4n) is 3.23. The second kappa shape index (κ2) is 3.89. The van der Waals surface area contributed by atoms with E-state index in [4.69, 9.17) is 0 Å². The van der Waals surface area contributed by atoms with Crippen LogP contribution >= 0.6 is 0 Å². The minimum absolute atomic E-state index is 0.747. The Bertz CT molecular complexity index is 359. The van der Waals surface area contributed by atoms with Gasteiger partial charge in [-0.1, -0.05) is 37.3 Å². The van der Waals surface area contributed by atoms with Crippen LogP contribution in [-0.2, 0) is 6.42 Å². The summed E-state index contributed by atoms with van der Waals surface area (Å²) >= 11 is 0. The largest absolute Gasteiger partial charge is 0.302 e. The highest BCUT2D eigenvalue weighted by Crippen LogP contribution is 2.57. The van der Waals surface area contributed by atoms with Crippen LogP contribution in [0.2, 0.25) is 0 Å². The maximum Gasteiger partial charge on any atom is 0.00412 e. The first-order valence-electron chi connectivity index (χ1n) is 6.55. The van der Waals surface area contributed by atoms with E-state index in [2.05, 4.69) is 42.2 Å². The Morgan fingerprint density at radius 1 is 1.31 bits per heavy atom. The lowest BCUT2D eigenvalue weighted by Gasteiger charge is -2.15. The van der Waals surface area contributed by atoms with Crippen LogP contribution < -0.4 is 0 Å². The summed E-state index contributed by atoms with van der Waals surface area (Å²) in [5, 5.41) is 0. The zero-order chi connectivity index (χ0) is 11.0. The van der Waals surface area contributed by atoms with Gasteiger partial charge in [0.25, 0.3) is 0 Å². The van der Waals surface area contributed by atoms with Crippen molar-refractivity contribution in [1.82, 2.24) is 4.90 Å². The molecular weight excluding hydrogens is 194 g/mol. The third-order valence-corrected chi connectivity index (χ3v) is 4.62. The van der Waals surface area contributed by atoms with Crippen molar-refractivity contribution in [3.05, 3.63) is 35.9 Å². The first kappa shape index (κ1) is 10.3. The van der Waals surface area contributed by atoms with Gasteiger partial charge in [-0.25, -0.2) is 0 Å². The van der Waals surface area contributed by atoms with Crippen LogP contribution in [0.3, 0.4) is 0 Å². The molecule has 1 nitrogen and oxygen atoms in total. The predicted molar refractivity (Wildman–Crippen MR) is 67.4 cm³/mol. The Kier molecular flexibility index (Phi) is 2.51. The average Bonchev–Trinajstić information content (AvgIpc) is 2.75. The second-order valence-electron chi connectivity index (χ2n) is 5.73. The Balaban J connectivity index is 1.50. The van der Waals surface area contributed by atoms with Crippen LogP contribution in [0.5, 0.6) is 0 Å². The molecule has 1 unspecified atom stereocenters. The van der Waals surface area contributed by atoms with E-state index < -0.39 is 0 Å². The molecule has 16 heavy (non-hydrogen) atoms. The molecule has 86 valence electrons. The van der Waals surface area contributed by atoms with E-state index in [-0.39, 0.29) is 0 Å². The molecule has 0 bridgehead atoms. The third-order valence-electron chi connectivity index (χ3n) is 4.62. The van der Waals surface area contributed by atoms with E-state index in [1.165, 1.54) is 44.5 Å². The lowest BCUT2D eigenvalue weighted by Crippen LogP contribution is -2.24. The molecule has 1 heteroatoms. The number of nitrogens with zero attached hydrogens (tertiary/aromatic N) is 1. The molecule has 2 fully saturated rings. The number of hydrogen-bond acceptors (Lipinski definition) is 1. The number of likely N-dealkylation sites (tertiary alicyclic amines) is 1. The molecule has 1 saturated heterocycles. The van der Waals surface area contributed by atoms with Crippen molar-refractivity contribution in [2.75, 3.05) is 19.6 Å². The lowest BCUT2D eigenvalue weighted by molar-refractivity contribution is 0.319. The molecule has 1 aromatic carbocycles. The smallest absolute Gasteiger partial charge is 0.00412 e. The number of benzene rings is 1. The van der Waals surface area contributed by atoms with E-state index in [0.717, 1.165) is 11.3 Å². The van der Waals surface area contributed by atoms with Crippen LogP contribution in [-0.4, -0.2) is 24.5 Å². The zero-order valence-corrected chi connectivity index (χ0v) is 10.2. The van der Waals surface area contributed by atoms with Gasteiger partial charge in [0, 0.05) is 13.1 Å². The van der Waals surface area contributed by atoms with Crippen LogP contribution in [0.15, 0.2) is 30.3 Å². The molecule has 1 aliphatic carbocycles. The van der Waals surface area contributed by atoms with Crippen molar-refractivity contribution in [3.8, 4) is 0 Å². The summed E-state index contributed by atoms with van der Waals surface area (Å²) in [5.41, 5.74) is 2.23. The standard InChI is InChI=1S/C15H21N/c1-13-11-15(13)8-10-16(12-15)9-7-14-5-3-2-4-6-14/h2-6,13H,7-12H2,1H3/t13-,15?/m1/s1. The van der Waals surface area contributed by atoms with Crippen molar-refractivity contribution in [3.63, 3.8) is 0 Å². The number of hydrogen-bond donors (Lipinski definition) is 0. The van der Waals surface area contributed by atoms with Crippen LogP contribution in [0.25, 0.3) is 0 Å². The van der Waals surface area contributed by atoms with Crippen molar-refractivity contribution < 1.29 is 0 Å². The van der Waals surface area contributed by atoms with Gasteiger partial charge in [-0.2, -0.15) is 0 Å². The minimum Gasteiger partial charge on any atom is -0.302 e. The van der Waals surface area contributed by atoms with E-state index >= 15 is 0 Å². The van der Waals surface area contributed by atoms with Crippen LogP contribution in [0.1, 0.15) is 25.3 Å². The fourth-order valence-corrected chi connectivity index (χ4v) is 3.23. The maximum absolute atomic E-state index is 2.66. The second-order valence-corrected chi connectivity index (χ2v) is 5.73.